The van der Waals surface area contributed by atoms with Gasteiger partial charge in [0.1, 0.15) is 17.2 Å². The van der Waals surface area contributed by atoms with E-state index in [-0.39, 0.29) is 55.9 Å². The van der Waals surface area contributed by atoms with Crippen molar-refractivity contribution in [3.05, 3.63) is 42.1 Å². The van der Waals surface area contributed by atoms with E-state index in [9.17, 15) is 40.8 Å². The van der Waals surface area contributed by atoms with Crippen LogP contribution in [-0.4, -0.2) is 85.8 Å². The summed E-state index contributed by atoms with van der Waals surface area (Å²) in [6.45, 7) is 8.95. The van der Waals surface area contributed by atoms with Gasteiger partial charge in [-0.25, -0.2) is 8.42 Å². The lowest BCUT2D eigenvalue weighted by atomic mass is 9.90. The number of nitrogens with zero attached hydrogens (tertiary/aromatic N) is 5. The number of amides is 2. The molecule has 1 aromatic carbocycles. The van der Waals surface area contributed by atoms with Crippen LogP contribution < -0.4 is 9.46 Å². The molecule has 2 aliphatic carbocycles. The highest BCUT2D eigenvalue weighted by Gasteiger charge is 2.61. The van der Waals surface area contributed by atoms with Crippen molar-refractivity contribution in [3.63, 3.8) is 0 Å². The van der Waals surface area contributed by atoms with Crippen LogP contribution in [0, 0.1) is 17.3 Å². The summed E-state index contributed by atoms with van der Waals surface area (Å²) < 4.78 is 84.4. The van der Waals surface area contributed by atoms with E-state index in [4.69, 9.17) is 14.5 Å². The Bertz CT molecular complexity index is 2340. The number of ether oxygens (including phenoxy) is 2. The summed E-state index contributed by atoms with van der Waals surface area (Å²) >= 11 is 0. The second-order valence-electron chi connectivity index (χ2n) is 18.4. The Balaban J connectivity index is 1.23. The monoisotopic (exact) mass is 872 g/mol. The largest absolute Gasteiger partial charge is 0.460 e. The molecule has 2 saturated carbocycles. The highest BCUT2D eigenvalue weighted by molar-refractivity contribution is 7.90. The Kier molecular flexibility index (Phi) is 12.0. The summed E-state index contributed by atoms with van der Waals surface area (Å²) in [5.41, 5.74) is -1.64. The number of Topliss-reactive ketones (excluding diaryl/α,β-unsaturated/α-hetero) is 1. The highest BCUT2D eigenvalue weighted by atomic mass is 32.2. The first kappa shape index (κ1) is 44.3. The molecule has 0 bridgehead atoms. The van der Waals surface area contributed by atoms with Gasteiger partial charge in [-0.05, 0) is 91.2 Å². The normalized spacial score (nSPS) is 26.0. The van der Waals surface area contributed by atoms with Gasteiger partial charge >= 0.3 is 12.1 Å². The average Bonchev–Trinajstić information content (AvgIpc) is 4.00. The van der Waals surface area contributed by atoms with Crippen LogP contribution in [-0.2, 0) is 47.2 Å². The van der Waals surface area contributed by atoms with Crippen molar-refractivity contribution in [1.29, 1.82) is 0 Å². The number of halogens is 3. The van der Waals surface area contributed by atoms with Gasteiger partial charge in [-0.3, -0.25) is 33.1 Å². The number of carbonyl (C=O) groups excluding carboxylic acids is 4. The van der Waals surface area contributed by atoms with Crippen molar-refractivity contribution < 1.29 is 50.2 Å². The van der Waals surface area contributed by atoms with E-state index in [1.807, 2.05) is 26.0 Å². The molecular weight excluding hydrogens is 818 g/mol. The van der Waals surface area contributed by atoms with Gasteiger partial charge in [-0.1, -0.05) is 37.1 Å². The van der Waals surface area contributed by atoms with E-state index in [1.165, 1.54) is 11.9 Å². The molecule has 1 N–H and O–H groups in total. The lowest BCUT2D eigenvalue weighted by molar-refractivity contribution is -0.159. The molecule has 3 aromatic rings. The average molecular weight is 873 g/mol. The molecule has 4 aliphatic rings. The number of rotatable bonds is 9. The Hall–Kier alpha value is -4.74. The smallest absolute Gasteiger partial charge is 0.435 e. The summed E-state index contributed by atoms with van der Waals surface area (Å²) in [5.74, 6) is -3.33. The molecule has 1 saturated heterocycles. The fourth-order valence-electron chi connectivity index (χ4n) is 8.80. The van der Waals surface area contributed by atoms with Crippen molar-refractivity contribution in [2.75, 3.05) is 6.54 Å². The third kappa shape index (κ3) is 9.53. The molecule has 18 heteroatoms. The van der Waals surface area contributed by atoms with E-state index < -0.39 is 79.8 Å². The summed E-state index contributed by atoms with van der Waals surface area (Å²) in [6.07, 6.45) is 2.30. The molecule has 0 spiro atoms. The molecule has 5 atom stereocenters. The van der Waals surface area contributed by atoms with Crippen molar-refractivity contribution in [2.45, 2.75) is 140 Å². The molecule has 332 valence electrons. The molecule has 2 amide bonds. The van der Waals surface area contributed by atoms with Crippen molar-refractivity contribution in [2.24, 2.45) is 24.3 Å². The van der Waals surface area contributed by atoms with Crippen LogP contribution >= 0.6 is 0 Å². The van der Waals surface area contributed by atoms with E-state index >= 15 is 0 Å². The molecule has 61 heavy (non-hydrogen) atoms. The highest BCUT2D eigenvalue weighted by Crippen LogP contribution is 2.57. The summed E-state index contributed by atoms with van der Waals surface area (Å²) in [7, 11) is -2.49. The maximum Gasteiger partial charge on any atom is 0.435 e. The maximum absolute atomic E-state index is 14.7. The van der Waals surface area contributed by atoms with Crippen LogP contribution in [0.4, 0.5) is 13.2 Å². The number of ketones is 1. The van der Waals surface area contributed by atoms with Crippen LogP contribution in [0.5, 0.6) is 6.01 Å². The van der Waals surface area contributed by atoms with Crippen molar-refractivity contribution >= 4 is 44.6 Å². The molecule has 3 fully saturated rings. The van der Waals surface area contributed by atoms with E-state index in [2.05, 4.69) is 9.82 Å². The number of sulfonamides is 1. The number of nitrogens with one attached hydrogen (secondary N) is 1. The number of aryl methyl sites for hydroxylation is 1. The van der Waals surface area contributed by atoms with Gasteiger partial charge in [-0.2, -0.15) is 23.3 Å². The number of fused-ring (bicyclic) bond motifs is 3. The van der Waals surface area contributed by atoms with E-state index in [1.54, 1.807) is 43.5 Å². The topological polar surface area (TPSA) is 172 Å². The third-order valence-corrected chi connectivity index (χ3v) is 13.9. The minimum atomic E-state index is -4.66. The van der Waals surface area contributed by atoms with E-state index in [0.717, 1.165) is 23.6 Å². The van der Waals surface area contributed by atoms with Gasteiger partial charge in [0.25, 0.3) is 6.01 Å². The van der Waals surface area contributed by atoms with Crippen LogP contribution in [0.3, 0.4) is 0 Å². The standard InChI is InChI=1S/C43H55F3N6O8S/c1-25(2)52-31-16-12-15-30(32-21-35(43(44,45)46)48-50(32)6)37(31)47-40(52)59-28-20-33-34(53)23-42(39(56)49-61(57,58)29-17-18-29)22-27(42)14-11-9-7-8-10-13-26(38(55)51(33)24-28)19-36(54)60-41(3,4)5/h11-12,14-16,21,25-29,33H,7-10,13,17-20,22-24H2,1-6H3,(H,49,56)/b14-11-/t26-,27+,28-,33+,42-/m1/s1. The fraction of sp³-hybridized carbons (Fsp3) is 0.628. The number of para-hydroxylation sites is 1. The molecule has 2 aliphatic heterocycles. The predicted molar refractivity (Wildman–Crippen MR) is 218 cm³/mol. The Morgan fingerprint density at radius 2 is 1.80 bits per heavy atom. The lowest BCUT2D eigenvalue weighted by Crippen LogP contribution is -2.46. The number of allylic oxidation sites excluding steroid dienone is 2. The van der Waals surface area contributed by atoms with Crippen LogP contribution in [0.2, 0.25) is 0 Å². The molecule has 2 aromatic heterocycles. The van der Waals surface area contributed by atoms with Crippen LogP contribution in [0.15, 0.2) is 36.4 Å². The van der Waals surface area contributed by atoms with Crippen LogP contribution in [0.25, 0.3) is 22.3 Å². The number of benzene rings is 1. The number of hydrogen-bond donors (Lipinski definition) is 1. The minimum absolute atomic E-state index is 0.00708. The quantitative estimate of drug-likeness (QED) is 0.178. The fourth-order valence-corrected chi connectivity index (χ4v) is 10.2. The summed E-state index contributed by atoms with van der Waals surface area (Å²) in [4.78, 5) is 62.7. The Morgan fingerprint density at radius 1 is 1.07 bits per heavy atom. The van der Waals surface area contributed by atoms with Gasteiger partial charge < -0.3 is 14.4 Å². The van der Waals surface area contributed by atoms with Gasteiger partial charge in [0.15, 0.2) is 11.5 Å². The van der Waals surface area contributed by atoms with Gasteiger partial charge in [0.05, 0.1) is 40.9 Å². The second-order valence-corrected chi connectivity index (χ2v) is 20.3. The zero-order valence-electron chi connectivity index (χ0n) is 35.5. The molecule has 4 heterocycles. The number of aromatic nitrogens is 4. The Labute approximate surface area is 353 Å². The molecule has 14 nitrogen and oxygen atoms in total. The van der Waals surface area contributed by atoms with Gasteiger partial charge in [-0.15, -0.1) is 0 Å². The van der Waals surface area contributed by atoms with Gasteiger partial charge in [0, 0.05) is 37.4 Å². The number of carbonyl (C=O) groups is 4. The lowest BCUT2D eigenvalue weighted by Gasteiger charge is -2.29. The first-order chi connectivity index (χ1) is 28.6. The summed E-state index contributed by atoms with van der Waals surface area (Å²) in [5, 5.41) is 3.04. The van der Waals surface area contributed by atoms with Gasteiger partial charge in [0.2, 0.25) is 21.8 Å². The number of hydrogen-bond acceptors (Lipinski definition) is 10. The van der Waals surface area contributed by atoms with Crippen LogP contribution in [0.1, 0.15) is 117 Å². The first-order valence-electron chi connectivity index (χ1n) is 21.1. The number of imidazole rings is 1. The van der Waals surface area contributed by atoms with E-state index in [0.29, 0.717) is 48.7 Å². The molecule has 0 radical (unpaired) electrons. The van der Waals surface area contributed by atoms with Crippen molar-refractivity contribution in [3.8, 4) is 17.3 Å². The molecule has 0 unspecified atom stereocenters. The minimum Gasteiger partial charge on any atom is -0.460 e. The predicted octanol–water partition coefficient (Wildman–Crippen LogP) is 6.83. The zero-order chi connectivity index (χ0) is 44.2. The number of esters is 1. The second kappa shape index (κ2) is 16.5. The Morgan fingerprint density at radius 3 is 2.46 bits per heavy atom. The molecular formula is C43H55F3N6O8S. The SMILES string of the molecule is CC(C)n1c(O[C@@H]2C[C@H]3C(=O)C[C@]4(C(=O)NS(=O)(=O)C5CC5)C[C@@H]4/C=C\CCCCC[C@H](CC(=O)OC(C)(C)C)C(=O)N3C2)nc2c(-c3cc(C(F)(F)F)nn3C)cccc21. The third-order valence-electron chi connectivity index (χ3n) is 12.1. The number of alkyl halides is 3. The zero-order valence-corrected chi connectivity index (χ0v) is 36.3. The first-order valence-corrected chi connectivity index (χ1v) is 22.7. The summed E-state index contributed by atoms with van der Waals surface area (Å²) in [6, 6.07) is 4.90. The maximum atomic E-state index is 14.7. The van der Waals surface area contributed by atoms with Crippen molar-refractivity contribution in [1.82, 2.24) is 29.0 Å². The molecule has 7 rings (SSSR count).